The van der Waals surface area contributed by atoms with Gasteiger partial charge in [-0.25, -0.2) is 0 Å². The van der Waals surface area contributed by atoms with Crippen molar-refractivity contribution in [1.82, 2.24) is 4.90 Å². The number of hydrogen-bond donors (Lipinski definition) is 1. The molecular weight excluding hydrogens is 384 g/mol. The molecule has 7 heteroatoms. The Labute approximate surface area is 167 Å². The van der Waals surface area contributed by atoms with Crippen LogP contribution < -0.4 is 14.8 Å². The van der Waals surface area contributed by atoms with Crippen LogP contribution in [-0.2, 0) is 11.3 Å². The normalized spacial score (nSPS) is 11.0. The first-order valence-electron chi connectivity index (χ1n) is 8.37. The number of hydrogen-bond acceptors (Lipinski definition) is 5. The number of nitrogens with zero attached hydrogens (tertiary/aromatic N) is 1. The maximum absolute atomic E-state index is 12.5. The van der Waals surface area contributed by atoms with E-state index in [4.69, 9.17) is 21.1 Å². The van der Waals surface area contributed by atoms with Crippen LogP contribution in [0.2, 0.25) is 5.02 Å². The number of fused-ring (bicyclic) bond motifs is 1. The smallest absolute Gasteiger partial charge is 0.238 e. The van der Waals surface area contributed by atoms with E-state index in [-0.39, 0.29) is 12.5 Å². The molecule has 0 spiro atoms. The SMILES string of the molecule is COc1cc(OC)c(NC(=O)CN(C)Cc2csc3ccccc23)cc1Cl. The molecule has 3 rings (SSSR count). The zero-order chi connectivity index (χ0) is 19.4. The molecular formula is C20H21ClN2O3S. The molecule has 0 aliphatic rings. The second-order valence-electron chi connectivity index (χ2n) is 6.16. The van der Waals surface area contributed by atoms with Gasteiger partial charge in [-0.05, 0) is 35.5 Å². The minimum Gasteiger partial charge on any atom is -0.495 e. The summed E-state index contributed by atoms with van der Waals surface area (Å²) in [5, 5.41) is 6.65. The van der Waals surface area contributed by atoms with Gasteiger partial charge in [-0.3, -0.25) is 9.69 Å². The molecule has 0 aliphatic carbocycles. The van der Waals surface area contributed by atoms with E-state index >= 15 is 0 Å². The van der Waals surface area contributed by atoms with Gasteiger partial charge in [0.2, 0.25) is 5.91 Å². The minimum absolute atomic E-state index is 0.142. The quantitative estimate of drug-likeness (QED) is 0.623. The number of ether oxygens (including phenoxy) is 2. The van der Waals surface area contributed by atoms with Gasteiger partial charge in [-0.15, -0.1) is 11.3 Å². The third kappa shape index (κ3) is 4.53. The molecule has 5 nitrogen and oxygen atoms in total. The summed E-state index contributed by atoms with van der Waals surface area (Å²) in [4.78, 5) is 14.4. The molecule has 1 aromatic heterocycles. The number of carbonyl (C=O) groups excluding carboxylic acids is 1. The molecule has 142 valence electrons. The summed E-state index contributed by atoms with van der Waals surface area (Å²) in [5.41, 5.74) is 1.73. The van der Waals surface area contributed by atoms with Crippen molar-refractivity contribution in [3.05, 3.63) is 52.4 Å². The molecule has 0 aliphatic heterocycles. The van der Waals surface area contributed by atoms with Crippen molar-refractivity contribution in [2.24, 2.45) is 0 Å². The topological polar surface area (TPSA) is 50.8 Å². The molecule has 0 unspecified atom stereocenters. The number of benzene rings is 2. The Morgan fingerprint density at radius 1 is 1.19 bits per heavy atom. The van der Waals surface area contributed by atoms with Gasteiger partial charge in [-0.2, -0.15) is 0 Å². The molecule has 3 aromatic rings. The highest BCUT2D eigenvalue weighted by atomic mass is 35.5. The molecule has 0 radical (unpaired) electrons. The molecule has 0 fully saturated rings. The molecule has 0 atom stereocenters. The van der Waals surface area contributed by atoms with Crippen LogP contribution in [0.3, 0.4) is 0 Å². The summed E-state index contributed by atoms with van der Waals surface area (Å²) >= 11 is 7.87. The lowest BCUT2D eigenvalue weighted by Crippen LogP contribution is -2.29. The average molecular weight is 405 g/mol. The van der Waals surface area contributed by atoms with Gasteiger partial charge in [0.25, 0.3) is 0 Å². The van der Waals surface area contributed by atoms with E-state index in [1.165, 1.54) is 29.9 Å². The lowest BCUT2D eigenvalue weighted by atomic mass is 10.2. The molecule has 2 aromatic carbocycles. The van der Waals surface area contributed by atoms with Crippen LogP contribution in [0, 0.1) is 0 Å². The van der Waals surface area contributed by atoms with Crippen LogP contribution in [0.1, 0.15) is 5.56 Å². The first kappa shape index (κ1) is 19.5. The predicted octanol–water partition coefficient (Wildman–Crippen LogP) is 4.64. The van der Waals surface area contributed by atoms with Crippen LogP contribution in [0.4, 0.5) is 5.69 Å². The maximum atomic E-state index is 12.5. The van der Waals surface area contributed by atoms with Crippen molar-refractivity contribution >= 4 is 44.6 Å². The van der Waals surface area contributed by atoms with Gasteiger partial charge >= 0.3 is 0 Å². The maximum Gasteiger partial charge on any atom is 0.238 e. The van der Waals surface area contributed by atoms with Crippen molar-refractivity contribution in [3.8, 4) is 11.5 Å². The minimum atomic E-state index is -0.142. The van der Waals surface area contributed by atoms with Crippen LogP contribution in [0.25, 0.3) is 10.1 Å². The summed E-state index contributed by atoms with van der Waals surface area (Å²) in [7, 11) is 4.98. The third-order valence-electron chi connectivity index (χ3n) is 4.16. The number of likely N-dealkylation sites (N-methyl/N-ethyl adjacent to an activating group) is 1. The van der Waals surface area contributed by atoms with Crippen LogP contribution in [0.15, 0.2) is 41.8 Å². The van der Waals surface area contributed by atoms with E-state index in [0.29, 0.717) is 28.8 Å². The molecule has 27 heavy (non-hydrogen) atoms. The molecule has 0 bridgehead atoms. The Bertz CT molecular complexity index is 958. The molecule has 1 amide bonds. The molecule has 1 heterocycles. The Balaban J connectivity index is 1.66. The second kappa shape index (κ2) is 8.61. The summed E-state index contributed by atoms with van der Waals surface area (Å²) in [5.74, 6) is 0.848. The van der Waals surface area contributed by atoms with Gasteiger partial charge in [0.1, 0.15) is 11.5 Å². The Hall–Kier alpha value is -2.28. The number of methoxy groups -OCH3 is 2. The van der Waals surface area contributed by atoms with Crippen LogP contribution >= 0.6 is 22.9 Å². The monoisotopic (exact) mass is 404 g/mol. The summed E-state index contributed by atoms with van der Waals surface area (Å²) in [6.07, 6.45) is 0. The van der Waals surface area contributed by atoms with E-state index in [0.717, 1.165) is 0 Å². The fraction of sp³-hybridized carbons (Fsp3) is 0.250. The van der Waals surface area contributed by atoms with Gasteiger partial charge in [0, 0.05) is 17.3 Å². The number of thiophene rings is 1. The van der Waals surface area contributed by atoms with E-state index in [1.54, 1.807) is 23.5 Å². The molecule has 1 N–H and O–H groups in total. The zero-order valence-electron chi connectivity index (χ0n) is 15.4. The van der Waals surface area contributed by atoms with Gasteiger partial charge in [0.15, 0.2) is 0 Å². The summed E-state index contributed by atoms with van der Waals surface area (Å²) in [6, 6.07) is 11.6. The number of amides is 1. The lowest BCUT2D eigenvalue weighted by molar-refractivity contribution is -0.117. The zero-order valence-corrected chi connectivity index (χ0v) is 17.0. The van der Waals surface area contributed by atoms with Crippen LogP contribution in [0.5, 0.6) is 11.5 Å². The van der Waals surface area contributed by atoms with E-state index in [2.05, 4.69) is 22.8 Å². The number of anilines is 1. The number of halogens is 1. The Morgan fingerprint density at radius 3 is 2.67 bits per heavy atom. The fourth-order valence-electron chi connectivity index (χ4n) is 2.89. The van der Waals surface area contributed by atoms with Crippen molar-refractivity contribution < 1.29 is 14.3 Å². The molecule has 0 saturated heterocycles. The van der Waals surface area contributed by atoms with Crippen molar-refractivity contribution in [1.29, 1.82) is 0 Å². The highest BCUT2D eigenvalue weighted by molar-refractivity contribution is 7.17. The van der Waals surface area contributed by atoms with E-state index in [9.17, 15) is 4.79 Å². The Morgan fingerprint density at radius 2 is 1.93 bits per heavy atom. The second-order valence-corrected chi connectivity index (χ2v) is 7.48. The van der Waals surface area contributed by atoms with Crippen molar-refractivity contribution in [2.45, 2.75) is 6.54 Å². The number of nitrogens with one attached hydrogen (secondary N) is 1. The average Bonchev–Trinajstić information content (AvgIpc) is 3.04. The number of carbonyl (C=O) groups is 1. The summed E-state index contributed by atoms with van der Waals surface area (Å²) in [6.45, 7) is 0.939. The third-order valence-corrected chi connectivity index (χ3v) is 5.47. The largest absolute Gasteiger partial charge is 0.495 e. The first-order chi connectivity index (χ1) is 13.0. The fourth-order valence-corrected chi connectivity index (χ4v) is 4.09. The van der Waals surface area contributed by atoms with E-state index in [1.807, 2.05) is 24.1 Å². The van der Waals surface area contributed by atoms with Gasteiger partial charge in [-0.1, -0.05) is 29.8 Å². The predicted molar refractivity (Wildman–Crippen MR) is 111 cm³/mol. The Kier molecular flexibility index (Phi) is 6.21. The first-order valence-corrected chi connectivity index (χ1v) is 9.62. The summed E-state index contributed by atoms with van der Waals surface area (Å²) < 4.78 is 11.7. The molecule has 0 saturated carbocycles. The number of rotatable bonds is 7. The highest BCUT2D eigenvalue weighted by Crippen LogP contribution is 2.35. The van der Waals surface area contributed by atoms with E-state index < -0.39 is 0 Å². The standard InChI is InChI=1S/C20H21ClN2O3S/c1-23(10-13-12-27-19-7-5-4-6-14(13)19)11-20(24)22-16-8-15(21)17(25-2)9-18(16)26-3/h4-9,12H,10-11H2,1-3H3,(H,22,24). The highest BCUT2D eigenvalue weighted by Gasteiger charge is 2.15. The van der Waals surface area contributed by atoms with Gasteiger partial charge < -0.3 is 14.8 Å². The van der Waals surface area contributed by atoms with Crippen molar-refractivity contribution in [2.75, 3.05) is 33.1 Å². The van der Waals surface area contributed by atoms with Gasteiger partial charge in [0.05, 0.1) is 31.5 Å². The van der Waals surface area contributed by atoms with Crippen LogP contribution in [-0.4, -0.2) is 38.6 Å². The van der Waals surface area contributed by atoms with Crippen molar-refractivity contribution in [3.63, 3.8) is 0 Å². The lowest BCUT2D eigenvalue weighted by Gasteiger charge is -2.17.